The van der Waals surface area contributed by atoms with Crippen LogP contribution in [0.25, 0.3) is 0 Å². The first-order valence-electron chi connectivity index (χ1n) is 9.26. The van der Waals surface area contributed by atoms with Crippen LogP contribution in [0.5, 0.6) is 0 Å². The lowest BCUT2D eigenvalue weighted by Crippen LogP contribution is -2.46. The van der Waals surface area contributed by atoms with Crippen LogP contribution in [0, 0.1) is 0 Å². The first-order chi connectivity index (χ1) is 13.2. The second-order valence-electron chi connectivity index (χ2n) is 7.53. The molecule has 0 fully saturated rings. The lowest BCUT2D eigenvalue weighted by Gasteiger charge is -2.28. The van der Waals surface area contributed by atoms with Crippen molar-refractivity contribution in [2.45, 2.75) is 52.0 Å². The van der Waals surface area contributed by atoms with E-state index in [9.17, 15) is 9.59 Å². The fourth-order valence-corrected chi connectivity index (χ4v) is 2.63. The number of rotatable bonds is 6. The number of hydrogen-bond donors (Lipinski definition) is 2. The molecule has 0 spiro atoms. The van der Waals surface area contributed by atoms with Crippen molar-refractivity contribution in [2.24, 2.45) is 0 Å². The second kappa shape index (κ2) is 9.78. The van der Waals surface area contributed by atoms with Crippen LogP contribution in [0.3, 0.4) is 0 Å². The molecular weight excluding hydrogens is 356 g/mol. The van der Waals surface area contributed by atoms with Gasteiger partial charge in [-0.1, -0.05) is 60.7 Å². The van der Waals surface area contributed by atoms with E-state index >= 15 is 0 Å². The zero-order chi connectivity index (χ0) is 20.6. The maximum absolute atomic E-state index is 12.3. The van der Waals surface area contributed by atoms with Crippen molar-refractivity contribution in [1.29, 1.82) is 0 Å². The predicted molar refractivity (Wildman–Crippen MR) is 108 cm³/mol. The number of amides is 2. The fourth-order valence-electron chi connectivity index (χ4n) is 2.63. The van der Waals surface area contributed by atoms with Gasteiger partial charge in [0.2, 0.25) is 0 Å². The molecule has 0 aliphatic rings. The molecule has 0 aliphatic heterocycles. The Morgan fingerprint density at radius 1 is 0.893 bits per heavy atom. The SMILES string of the molecule is C[C@H](NC(=O)OC(C)(C)C)C(NC(=O)OCc1ccccc1)c1ccccc1. The number of benzene rings is 2. The van der Waals surface area contributed by atoms with Gasteiger partial charge in [-0.2, -0.15) is 0 Å². The summed E-state index contributed by atoms with van der Waals surface area (Å²) in [5.41, 5.74) is 1.14. The number of carbonyl (C=O) groups excluding carboxylic acids is 2. The van der Waals surface area contributed by atoms with Crippen LogP contribution in [-0.4, -0.2) is 23.8 Å². The van der Waals surface area contributed by atoms with Crippen LogP contribution in [0.1, 0.15) is 44.9 Å². The first-order valence-corrected chi connectivity index (χ1v) is 9.26. The molecule has 150 valence electrons. The lowest BCUT2D eigenvalue weighted by atomic mass is 10.0. The Bertz CT molecular complexity index is 757. The molecule has 2 aromatic carbocycles. The van der Waals surface area contributed by atoms with Gasteiger partial charge >= 0.3 is 12.2 Å². The Morgan fingerprint density at radius 3 is 2.04 bits per heavy atom. The van der Waals surface area contributed by atoms with Crippen LogP contribution in [0.4, 0.5) is 9.59 Å². The molecule has 0 aliphatic carbocycles. The number of alkyl carbamates (subject to hydrolysis) is 2. The molecule has 2 rings (SSSR count). The van der Waals surface area contributed by atoms with Crippen molar-refractivity contribution in [2.75, 3.05) is 0 Å². The minimum Gasteiger partial charge on any atom is -0.445 e. The molecule has 2 N–H and O–H groups in total. The Labute approximate surface area is 166 Å². The minimum absolute atomic E-state index is 0.169. The fraction of sp³-hybridized carbons (Fsp3) is 0.364. The van der Waals surface area contributed by atoms with Crippen molar-refractivity contribution in [3.8, 4) is 0 Å². The molecular formula is C22H28N2O4. The van der Waals surface area contributed by atoms with Gasteiger partial charge in [0.25, 0.3) is 0 Å². The molecule has 2 aromatic rings. The Hall–Kier alpha value is -3.02. The highest BCUT2D eigenvalue weighted by Gasteiger charge is 2.25. The maximum Gasteiger partial charge on any atom is 0.408 e. The van der Waals surface area contributed by atoms with E-state index in [4.69, 9.17) is 9.47 Å². The van der Waals surface area contributed by atoms with Crippen LogP contribution in [-0.2, 0) is 16.1 Å². The highest BCUT2D eigenvalue weighted by atomic mass is 16.6. The van der Waals surface area contributed by atoms with Gasteiger partial charge < -0.3 is 20.1 Å². The molecule has 0 saturated heterocycles. The van der Waals surface area contributed by atoms with E-state index in [2.05, 4.69) is 10.6 Å². The van der Waals surface area contributed by atoms with E-state index in [1.54, 1.807) is 27.7 Å². The molecule has 0 saturated carbocycles. The molecule has 0 radical (unpaired) electrons. The summed E-state index contributed by atoms with van der Waals surface area (Å²) in [6, 6.07) is 18.0. The Kier molecular flexibility index (Phi) is 7.44. The number of nitrogens with one attached hydrogen (secondary N) is 2. The summed E-state index contributed by atoms with van der Waals surface area (Å²) < 4.78 is 10.6. The normalized spacial score (nSPS) is 13.1. The minimum atomic E-state index is -0.603. The van der Waals surface area contributed by atoms with E-state index < -0.39 is 29.9 Å². The average Bonchev–Trinajstić information content (AvgIpc) is 2.64. The van der Waals surface area contributed by atoms with Gasteiger partial charge in [0, 0.05) is 0 Å². The number of hydrogen-bond acceptors (Lipinski definition) is 4. The van der Waals surface area contributed by atoms with Gasteiger partial charge in [0.05, 0.1) is 12.1 Å². The second-order valence-corrected chi connectivity index (χ2v) is 7.53. The largest absolute Gasteiger partial charge is 0.445 e. The molecule has 0 bridgehead atoms. The van der Waals surface area contributed by atoms with Gasteiger partial charge in [-0.15, -0.1) is 0 Å². The first kappa shape index (κ1) is 21.3. The van der Waals surface area contributed by atoms with Crippen LogP contribution >= 0.6 is 0 Å². The van der Waals surface area contributed by atoms with Gasteiger partial charge in [-0.3, -0.25) is 0 Å². The summed E-state index contributed by atoms with van der Waals surface area (Å²) >= 11 is 0. The standard InChI is InChI=1S/C22H28N2O4/c1-16(23-21(26)28-22(2,3)4)19(18-13-9-6-10-14-18)24-20(25)27-15-17-11-7-5-8-12-17/h5-14,16,19H,15H2,1-4H3,(H,23,26)(H,24,25)/t16-,19?/m0/s1. The van der Waals surface area contributed by atoms with Gasteiger partial charge in [-0.25, -0.2) is 9.59 Å². The van der Waals surface area contributed by atoms with E-state index in [0.29, 0.717) is 0 Å². The van der Waals surface area contributed by atoms with Crippen molar-refractivity contribution < 1.29 is 19.1 Å². The number of ether oxygens (including phenoxy) is 2. The highest BCUT2D eigenvalue weighted by molar-refractivity contribution is 5.70. The zero-order valence-corrected chi connectivity index (χ0v) is 16.8. The monoisotopic (exact) mass is 384 g/mol. The van der Waals surface area contributed by atoms with E-state index in [-0.39, 0.29) is 6.61 Å². The summed E-state index contributed by atoms with van der Waals surface area (Å²) in [7, 11) is 0. The van der Waals surface area contributed by atoms with E-state index in [1.165, 1.54) is 0 Å². The third-order valence-electron chi connectivity index (χ3n) is 3.89. The molecule has 2 amide bonds. The Morgan fingerprint density at radius 2 is 1.46 bits per heavy atom. The summed E-state index contributed by atoms with van der Waals surface area (Å²) in [4.78, 5) is 24.5. The van der Waals surface area contributed by atoms with Crippen LogP contribution < -0.4 is 10.6 Å². The molecule has 0 aromatic heterocycles. The molecule has 2 atom stereocenters. The van der Waals surface area contributed by atoms with Crippen LogP contribution in [0.15, 0.2) is 60.7 Å². The van der Waals surface area contributed by atoms with Crippen molar-refractivity contribution in [3.05, 3.63) is 71.8 Å². The molecule has 6 heteroatoms. The molecule has 6 nitrogen and oxygen atoms in total. The smallest absolute Gasteiger partial charge is 0.408 e. The lowest BCUT2D eigenvalue weighted by molar-refractivity contribution is 0.0494. The third kappa shape index (κ3) is 7.31. The maximum atomic E-state index is 12.3. The van der Waals surface area contributed by atoms with Crippen LogP contribution in [0.2, 0.25) is 0 Å². The summed E-state index contributed by atoms with van der Waals surface area (Å²) in [6.45, 7) is 7.36. The summed E-state index contributed by atoms with van der Waals surface area (Å²) in [5.74, 6) is 0. The quantitative estimate of drug-likeness (QED) is 0.765. The molecule has 28 heavy (non-hydrogen) atoms. The van der Waals surface area contributed by atoms with Crippen molar-refractivity contribution in [3.63, 3.8) is 0 Å². The van der Waals surface area contributed by atoms with Gasteiger partial charge in [0.15, 0.2) is 0 Å². The van der Waals surface area contributed by atoms with Crippen molar-refractivity contribution in [1.82, 2.24) is 10.6 Å². The topological polar surface area (TPSA) is 76.7 Å². The highest BCUT2D eigenvalue weighted by Crippen LogP contribution is 2.18. The van der Waals surface area contributed by atoms with Gasteiger partial charge in [-0.05, 0) is 38.8 Å². The van der Waals surface area contributed by atoms with E-state index in [1.807, 2.05) is 60.7 Å². The van der Waals surface area contributed by atoms with Crippen molar-refractivity contribution >= 4 is 12.2 Å². The Balaban J connectivity index is 2.03. The average molecular weight is 384 g/mol. The zero-order valence-electron chi connectivity index (χ0n) is 16.8. The van der Waals surface area contributed by atoms with E-state index in [0.717, 1.165) is 11.1 Å². The van der Waals surface area contributed by atoms with Gasteiger partial charge in [0.1, 0.15) is 12.2 Å². The summed E-state index contributed by atoms with van der Waals surface area (Å²) in [6.07, 6.45) is -1.10. The number of carbonyl (C=O) groups is 2. The molecule has 0 heterocycles. The third-order valence-corrected chi connectivity index (χ3v) is 3.89. The molecule has 1 unspecified atom stereocenters. The summed E-state index contributed by atoms with van der Waals surface area (Å²) in [5, 5.41) is 5.62. The predicted octanol–water partition coefficient (Wildman–Crippen LogP) is 4.57.